The van der Waals surface area contributed by atoms with E-state index >= 15 is 0 Å². The van der Waals surface area contributed by atoms with Crippen LogP contribution in [0, 0.1) is 0 Å². The first kappa shape index (κ1) is 13.2. The van der Waals surface area contributed by atoms with Gasteiger partial charge >= 0.3 is 5.97 Å². The number of hydrogen-bond donors (Lipinski definition) is 1. The van der Waals surface area contributed by atoms with Gasteiger partial charge in [-0.3, -0.25) is 9.69 Å². The molecule has 0 aromatic rings. The predicted octanol–water partition coefficient (Wildman–Crippen LogP) is 2.60. The summed E-state index contributed by atoms with van der Waals surface area (Å²) in [6.45, 7) is 5.13. The Morgan fingerprint density at radius 1 is 1.41 bits per heavy atom. The number of thioether (sulfide) groups is 1. The summed E-state index contributed by atoms with van der Waals surface area (Å²) in [5.74, 6) is 0.593. The first-order valence-corrected chi connectivity index (χ1v) is 7.72. The first-order valence-electron chi connectivity index (χ1n) is 6.67. The Bertz CT molecular complexity index is 297. The molecule has 0 amide bonds. The average Bonchev–Trinajstić information content (AvgIpc) is 2.31. The molecule has 1 N–H and O–H groups in total. The normalized spacial score (nSPS) is 40.1. The van der Waals surface area contributed by atoms with Crippen LogP contribution in [0.2, 0.25) is 0 Å². The van der Waals surface area contributed by atoms with Crippen LogP contribution < -0.4 is 0 Å². The van der Waals surface area contributed by atoms with Crippen molar-refractivity contribution in [3.8, 4) is 0 Å². The van der Waals surface area contributed by atoms with E-state index in [1.165, 1.54) is 12.2 Å². The third-order valence-corrected chi connectivity index (χ3v) is 5.74. The second-order valence-corrected chi connectivity index (χ2v) is 7.00. The van der Waals surface area contributed by atoms with Gasteiger partial charge in [0.15, 0.2) is 0 Å². The van der Waals surface area contributed by atoms with E-state index in [1.54, 1.807) is 0 Å². The van der Waals surface area contributed by atoms with Crippen LogP contribution >= 0.6 is 11.8 Å². The number of piperidine rings is 1. The number of carbonyl (C=O) groups is 1. The van der Waals surface area contributed by atoms with Crippen molar-refractivity contribution in [2.45, 2.75) is 62.8 Å². The van der Waals surface area contributed by atoms with Gasteiger partial charge in [0.05, 0.1) is 0 Å². The van der Waals surface area contributed by atoms with Gasteiger partial charge in [0.2, 0.25) is 0 Å². The molecule has 98 valence electrons. The second-order valence-electron chi connectivity index (χ2n) is 5.51. The van der Waals surface area contributed by atoms with Gasteiger partial charge in [0, 0.05) is 11.3 Å². The van der Waals surface area contributed by atoms with E-state index in [9.17, 15) is 9.90 Å². The van der Waals surface area contributed by atoms with E-state index in [-0.39, 0.29) is 0 Å². The van der Waals surface area contributed by atoms with Gasteiger partial charge in [0.1, 0.15) is 5.54 Å². The van der Waals surface area contributed by atoms with Gasteiger partial charge < -0.3 is 5.11 Å². The summed E-state index contributed by atoms with van der Waals surface area (Å²) in [5, 5.41) is 10.1. The van der Waals surface area contributed by atoms with Crippen molar-refractivity contribution in [2.75, 3.05) is 12.3 Å². The smallest absolute Gasteiger partial charge is 0.323 e. The number of nitrogens with zero attached hydrogens (tertiary/aromatic N) is 1. The Balaban J connectivity index is 2.18. The molecule has 2 fully saturated rings. The molecular formula is C13H23NO2S. The average molecular weight is 257 g/mol. The zero-order valence-corrected chi connectivity index (χ0v) is 11.6. The van der Waals surface area contributed by atoms with Crippen LogP contribution in [0.4, 0.5) is 0 Å². The fourth-order valence-electron chi connectivity index (χ4n) is 3.22. The molecule has 2 heterocycles. The third-order valence-electron chi connectivity index (χ3n) is 4.37. The Labute approximate surface area is 108 Å². The molecule has 2 rings (SSSR count). The molecule has 2 aliphatic rings. The van der Waals surface area contributed by atoms with E-state index in [0.29, 0.717) is 11.3 Å². The predicted molar refractivity (Wildman–Crippen MR) is 71.5 cm³/mol. The zero-order chi connectivity index (χ0) is 12.5. The monoisotopic (exact) mass is 257 g/mol. The van der Waals surface area contributed by atoms with Crippen molar-refractivity contribution in [2.24, 2.45) is 0 Å². The molecular weight excluding hydrogens is 234 g/mol. The number of likely N-dealkylation sites (tertiary alicyclic amines) is 1. The zero-order valence-electron chi connectivity index (χ0n) is 10.8. The Hall–Kier alpha value is -0.220. The highest BCUT2D eigenvalue weighted by atomic mass is 32.2. The van der Waals surface area contributed by atoms with Crippen LogP contribution in [-0.2, 0) is 4.79 Å². The topological polar surface area (TPSA) is 40.5 Å². The van der Waals surface area contributed by atoms with Crippen molar-refractivity contribution < 1.29 is 9.90 Å². The Morgan fingerprint density at radius 2 is 2.18 bits per heavy atom. The molecule has 0 aliphatic carbocycles. The summed E-state index contributed by atoms with van der Waals surface area (Å²) >= 11 is 2.00. The molecule has 0 spiro atoms. The maximum atomic E-state index is 11.6. The number of aliphatic carboxylic acids is 1. The highest BCUT2D eigenvalue weighted by Crippen LogP contribution is 2.37. The molecule has 0 aromatic carbocycles. The number of rotatable bonds is 2. The summed E-state index contributed by atoms with van der Waals surface area (Å²) in [6, 6.07) is 0.454. The van der Waals surface area contributed by atoms with Gasteiger partial charge in [-0.05, 0) is 51.3 Å². The number of hydrogen-bond acceptors (Lipinski definition) is 3. The van der Waals surface area contributed by atoms with Crippen LogP contribution in [0.15, 0.2) is 0 Å². The lowest BCUT2D eigenvalue weighted by Crippen LogP contribution is -2.61. The van der Waals surface area contributed by atoms with Crippen molar-refractivity contribution in [1.82, 2.24) is 4.90 Å². The number of carboxylic acids is 1. The Morgan fingerprint density at radius 3 is 2.82 bits per heavy atom. The summed E-state index contributed by atoms with van der Waals surface area (Å²) in [7, 11) is 0. The fourth-order valence-corrected chi connectivity index (χ4v) is 4.43. The molecule has 2 aliphatic heterocycles. The second kappa shape index (κ2) is 5.19. The van der Waals surface area contributed by atoms with E-state index < -0.39 is 11.5 Å². The van der Waals surface area contributed by atoms with Crippen molar-refractivity contribution in [3.63, 3.8) is 0 Å². The minimum Gasteiger partial charge on any atom is -0.480 e. The van der Waals surface area contributed by atoms with Crippen molar-refractivity contribution in [3.05, 3.63) is 0 Å². The molecule has 0 aromatic heterocycles. The quantitative estimate of drug-likeness (QED) is 0.825. The Kier molecular flexibility index (Phi) is 4.03. The van der Waals surface area contributed by atoms with Crippen molar-refractivity contribution >= 4 is 17.7 Å². The maximum Gasteiger partial charge on any atom is 0.323 e. The highest BCUT2D eigenvalue weighted by molar-refractivity contribution is 7.99. The third kappa shape index (κ3) is 2.48. The minimum absolute atomic E-state index is 0.454. The molecule has 3 unspecified atom stereocenters. The van der Waals surface area contributed by atoms with Gasteiger partial charge in [0.25, 0.3) is 0 Å². The van der Waals surface area contributed by atoms with Gasteiger partial charge in [-0.15, -0.1) is 0 Å². The lowest BCUT2D eigenvalue weighted by Gasteiger charge is -2.49. The van der Waals surface area contributed by atoms with Crippen LogP contribution in [-0.4, -0.2) is 45.1 Å². The van der Waals surface area contributed by atoms with Crippen LogP contribution in [0.5, 0.6) is 0 Å². The maximum absolute atomic E-state index is 11.6. The summed E-state index contributed by atoms with van der Waals surface area (Å²) in [6.07, 6.45) is 5.39. The van der Waals surface area contributed by atoms with E-state index in [1.807, 2.05) is 18.7 Å². The molecule has 17 heavy (non-hydrogen) atoms. The van der Waals surface area contributed by atoms with Crippen LogP contribution in [0.25, 0.3) is 0 Å². The first-order chi connectivity index (χ1) is 8.05. The van der Waals surface area contributed by atoms with E-state index in [2.05, 4.69) is 11.8 Å². The van der Waals surface area contributed by atoms with Gasteiger partial charge in [-0.25, -0.2) is 0 Å². The van der Waals surface area contributed by atoms with Gasteiger partial charge in [-0.1, -0.05) is 6.92 Å². The summed E-state index contributed by atoms with van der Waals surface area (Å²) < 4.78 is 0. The largest absolute Gasteiger partial charge is 0.480 e. The summed E-state index contributed by atoms with van der Waals surface area (Å²) in [4.78, 5) is 13.9. The SMILES string of the molecule is CC1SCCCC1N1CCCCC1(C)C(=O)O. The van der Waals surface area contributed by atoms with Crippen LogP contribution in [0.3, 0.4) is 0 Å². The lowest BCUT2D eigenvalue weighted by molar-refractivity contribution is -0.155. The highest BCUT2D eigenvalue weighted by Gasteiger charge is 2.46. The molecule has 3 nitrogen and oxygen atoms in total. The fraction of sp³-hybridized carbons (Fsp3) is 0.923. The van der Waals surface area contributed by atoms with Crippen LogP contribution in [0.1, 0.15) is 46.0 Å². The standard InChI is InChI=1S/C13H23NO2S/c1-10-11(6-5-9-17-10)14-8-4-3-7-13(14,2)12(15)16/h10-11H,3-9H2,1-2H3,(H,15,16). The molecule has 0 radical (unpaired) electrons. The molecule has 4 heteroatoms. The lowest BCUT2D eigenvalue weighted by atomic mass is 9.85. The minimum atomic E-state index is -0.639. The van der Waals surface area contributed by atoms with Crippen molar-refractivity contribution in [1.29, 1.82) is 0 Å². The summed E-state index contributed by atoms with van der Waals surface area (Å²) in [5.41, 5.74) is -0.630. The number of carboxylic acid groups (broad SMARTS) is 1. The molecule has 0 saturated carbocycles. The molecule has 3 atom stereocenters. The van der Waals surface area contributed by atoms with E-state index in [4.69, 9.17) is 0 Å². The van der Waals surface area contributed by atoms with E-state index in [0.717, 1.165) is 32.2 Å². The molecule has 2 saturated heterocycles. The molecule has 0 bridgehead atoms. The van der Waals surface area contributed by atoms with Gasteiger partial charge in [-0.2, -0.15) is 11.8 Å².